The van der Waals surface area contributed by atoms with Gasteiger partial charge in [-0.2, -0.15) is 0 Å². The minimum atomic E-state index is -0.662. The maximum Gasteiger partial charge on any atom is 0.271 e. The molecule has 0 radical (unpaired) electrons. The topological polar surface area (TPSA) is 79.0 Å². The van der Waals surface area contributed by atoms with Crippen molar-refractivity contribution < 1.29 is 14.1 Å². The van der Waals surface area contributed by atoms with Gasteiger partial charge in [-0.3, -0.25) is 24.8 Å². The van der Waals surface area contributed by atoms with Crippen LogP contribution in [0.4, 0.5) is 15.8 Å². The van der Waals surface area contributed by atoms with E-state index in [1.807, 2.05) is 11.9 Å². The zero-order chi connectivity index (χ0) is 18.8. The van der Waals surface area contributed by atoms with Gasteiger partial charge in [0.1, 0.15) is 12.0 Å². The van der Waals surface area contributed by atoms with Crippen molar-refractivity contribution in [2.75, 3.05) is 17.7 Å². The Bertz CT molecular complexity index is 752. The number of carbonyl (C=O) groups is 1. The van der Waals surface area contributed by atoms with Gasteiger partial charge >= 0.3 is 0 Å². The molecular weight excluding hydrogens is 359 g/mol. The van der Waals surface area contributed by atoms with Crippen LogP contribution in [0.15, 0.2) is 23.2 Å². The van der Waals surface area contributed by atoms with Crippen LogP contribution in [0, 0.1) is 15.9 Å². The number of non-ortho nitro benzene ring substituents is 1. The highest BCUT2D eigenvalue weighted by atomic mass is 32.2. The Kier molecular flexibility index (Phi) is 5.45. The van der Waals surface area contributed by atoms with E-state index in [1.54, 1.807) is 0 Å². The number of carbonyl (C=O) groups excluding carboxylic acids is 1. The number of nitrogens with zero attached hydrogens (tertiary/aromatic N) is 4. The van der Waals surface area contributed by atoms with E-state index in [1.165, 1.54) is 36.4 Å². The number of halogens is 1. The molecule has 140 valence electrons. The molecular formula is C17H21FN4O3S. The minimum absolute atomic E-state index is 0.0775. The lowest BCUT2D eigenvalue weighted by molar-refractivity contribution is -0.384. The molecule has 1 heterocycles. The fourth-order valence-corrected chi connectivity index (χ4v) is 4.61. The number of benzene rings is 1. The quantitative estimate of drug-likeness (QED) is 0.591. The summed E-state index contributed by atoms with van der Waals surface area (Å²) in [6.07, 6.45) is 4.06. The van der Waals surface area contributed by atoms with E-state index in [4.69, 9.17) is 4.99 Å². The SMILES string of the molecule is CC(=O)N(c1cc([N+](=O)[O-])ccc1F)C1CSC(=NC2CCCC2)N1C. The number of anilines is 1. The highest BCUT2D eigenvalue weighted by Gasteiger charge is 2.36. The number of nitro benzene ring substituents is 1. The number of amidine groups is 1. The molecule has 1 aliphatic carbocycles. The van der Waals surface area contributed by atoms with E-state index in [0.717, 1.165) is 36.2 Å². The summed E-state index contributed by atoms with van der Waals surface area (Å²) >= 11 is 1.53. The first kappa shape index (κ1) is 18.6. The molecule has 0 spiro atoms. The van der Waals surface area contributed by atoms with Gasteiger partial charge in [-0.25, -0.2) is 4.39 Å². The molecule has 0 N–H and O–H groups in total. The first-order valence-electron chi connectivity index (χ1n) is 8.55. The predicted octanol–water partition coefficient (Wildman–Crippen LogP) is 3.39. The monoisotopic (exact) mass is 380 g/mol. The highest BCUT2D eigenvalue weighted by molar-refractivity contribution is 8.14. The van der Waals surface area contributed by atoms with Crippen LogP contribution < -0.4 is 4.90 Å². The molecule has 0 bridgehead atoms. The van der Waals surface area contributed by atoms with Crippen LogP contribution in [0.3, 0.4) is 0 Å². The molecule has 1 amide bonds. The van der Waals surface area contributed by atoms with Crippen molar-refractivity contribution in [3.8, 4) is 0 Å². The van der Waals surface area contributed by atoms with Crippen molar-refractivity contribution >= 4 is 34.2 Å². The zero-order valence-corrected chi connectivity index (χ0v) is 15.5. The minimum Gasteiger partial charge on any atom is -0.333 e. The predicted molar refractivity (Wildman–Crippen MR) is 99.9 cm³/mol. The molecule has 1 aromatic carbocycles. The highest BCUT2D eigenvalue weighted by Crippen LogP contribution is 2.33. The first-order valence-corrected chi connectivity index (χ1v) is 9.54. The molecule has 1 unspecified atom stereocenters. The number of hydrogen-bond donors (Lipinski definition) is 0. The molecule has 3 rings (SSSR count). The molecule has 7 nitrogen and oxygen atoms in total. The third-order valence-electron chi connectivity index (χ3n) is 4.77. The molecule has 2 fully saturated rings. The number of amides is 1. The summed E-state index contributed by atoms with van der Waals surface area (Å²) in [5.41, 5.74) is -0.327. The second-order valence-electron chi connectivity index (χ2n) is 6.53. The van der Waals surface area contributed by atoms with Crippen molar-refractivity contribution in [3.05, 3.63) is 34.1 Å². The fourth-order valence-electron chi connectivity index (χ4n) is 3.40. The van der Waals surface area contributed by atoms with Gasteiger partial charge < -0.3 is 4.90 Å². The Labute approximate surface area is 155 Å². The standard InChI is InChI=1S/C17H21FN4O3S/c1-11(23)21(15-9-13(22(24)25)7-8-14(15)18)16-10-26-17(20(16)2)19-12-5-3-4-6-12/h7-9,12,16H,3-6,10H2,1-2H3. The van der Waals surface area contributed by atoms with Gasteiger partial charge in [0.15, 0.2) is 5.17 Å². The van der Waals surface area contributed by atoms with Crippen LogP contribution in [0.5, 0.6) is 0 Å². The summed E-state index contributed by atoms with van der Waals surface area (Å²) in [5, 5.41) is 11.9. The second kappa shape index (κ2) is 7.61. The van der Waals surface area contributed by atoms with Gasteiger partial charge in [0.05, 0.1) is 16.7 Å². The van der Waals surface area contributed by atoms with Crippen LogP contribution in [0.25, 0.3) is 0 Å². The molecule has 1 saturated heterocycles. The number of nitro groups is 1. The molecule has 9 heteroatoms. The van der Waals surface area contributed by atoms with Gasteiger partial charge in [0.2, 0.25) is 5.91 Å². The van der Waals surface area contributed by atoms with Crippen LogP contribution in [0.1, 0.15) is 32.6 Å². The third kappa shape index (κ3) is 3.67. The molecule has 1 saturated carbocycles. The van der Waals surface area contributed by atoms with E-state index >= 15 is 0 Å². The van der Waals surface area contributed by atoms with E-state index in [0.29, 0.717) is 11.8 Å². The van der Waals surface area contributed by atoms with Gasteiger partial charge in [-0.1, -0.05) is 24.6 Å². The summed E-state index contributed by atoms with van der Waals surface area (Å²) in [6.45, 7) is 1.34. The van der Waals surface area contributed by atoms with Crippen molar-refractivity contribution in [1.29, 1.82) is 0 Å². The van der Waals surface area contributed by atoms with Crippen LogP contribution in [-0.4, -0.2) is 45.9 Å². The Morgan fingerprint density at radius 1 is 1.42 bits per heavy atom. The Hall–Kier alpha value is -2.16. The normalized spacial score (nSPS) is 22.2. The summed E-state index contributed by atoms with van der Waals surface area (Å²) in [4.78, 5) is 30.6. The molecule has 1 aromatic rings. The summed E-state index contributed by atoms with van der Waals surface area (Å²) < 4.78 is 14.4. The number of hydrogen-bond acceptors (Lipinski definition) is 5. The van der Waals surface area contributed by atoms with E-state index < -0.39 is 16.9 Å². The van der Waals surface area contributed by atoms with Crippen molar-refractivity contribution in [2.45, 2.75) is 44.8 Å². The second-order valence-corrected chi connectivity index (χ2v) is 7.52. The molecule has 1 aliphatic heterocycles. The lowest BCUT2D eigenvalue weighted by Gasteiger charge is -2.33. The Morgan fingerprint density at radius 3 is 2.73 bits per heavy atom. The molecule has 2 aliphatic rings. The van der Waals surface area contributed by atoms with Crippen LogP contribution >= 0.6 is 11.8 Å². The van der Waals surface area contributed by atoms with E-state index in [2.05, 4.69) is 0 Å². The van der Waals surface area contributed by atoms with Crippen LogP contribution in [-0.2, 0) is 4.79 Å². The number of thioether (sulfide) groups is 1. The lowest BCUT2D eigenvalue weighted by atomic mass is 10.2. The molecule has 26 heavy (non-hydrogen) atoms. The lowest BCUT2D eigenvalue weighted by Crippen LogP contribution is -2.48. The van der Waals surface area contributed by atoms with Gasteiger partial charge in [0.25, 0.3) is 5.69 Å². The van der Waals surface area contributed by atoms with Crippen molar-refractivity contribution in [2.24, 2.45) is 4.99 Å². The fraction of sp³-hybridized carbons (Fsp3) is 0.529. The van der Waals surface area contributed by atoms with Gasteiger partial charge in [-0.15, -0.1) is 0 Å². The number of aliphatic imine (C=N–C) groups is 1. The molecule has 0 aromatic heterocycles. The summed E-state index contributed by atoms with van der Waals surface area (Å²) in [6, 6.07) is 3.54. The largest absolute Gasteiger partial charge is 0.333 e. The maximum absolute atomic E-state index is 14.4. The van der Waals surface area contributed by atoms with E-state index in [9.17, 15) is 19.3 Å². The molecule has 1 atom stereocenters. The van der Waals surface area contributed by atoms with Crippen molar-refractivity contribution in [3.63, 3.8) is 0 Å². The maximum atomic E-state index is 14.4. The third-order valence-corrected chi connectivity index (χ3v) is 5.88. The Morgan fingerprint density at radius 2 is 2.12 bits per heavy atom. The van der Waals surface area contributed by atoms with E-state index in [-0.39, 0.29) is 17.3 Å². The first-order chi connectivity index (χ1) is 12.4. The average Bonchev–Trinajstić information content (AvgIpc) is 3.21. The van der Waals surface area contributed by atoms with Gasteiger partial charge in [-0.05, 0) is 18.9 Å². The van der Waals surface area contributed by atoms with Gasteiger partial charge in [0, 0.05) is 31.9 Å². The van der Waals surface area contributed by atoms with Crippen LogP contribution in [0.2, 0.25) is 0 Å². The Balaban J connectivity index is 1.90. The van der Waals surface area contributed by atoms with Crippen molar-refractivity contribution in [1.82, 2.24) is 4.90 Å². The number of rotatable bonds is 4. The smallest absolute Gasteiger partial charge is 0.271 e. The zero-order valence-electron chi connectivity index (χ0n) is 14.7. The average molecular weight is 380 g/mol. The summed E-state index contributed by atoms with van der Waals surface area (Å²) in [7, 11) is 1.82. The summed E-state index contributed by atoms with van der Waals surface area (Å²) in [5.74, 6) is -0.501.